The molecule has 6 heteroatoms. The summed E-state index contributed by atoms with van der Waals surface area (Å²) in [5.41, 5.74) is 0.930. The molecule has 0 aliphatic heterocycles. The molecule has 2 aromatic heterocycles. The highest BCUT2D eigenvalue weighted by molar-refractivity contribution is 5.63. The van der Waals surface area contributed by atoms with Crippen LogP contribution in [0.15, 0.2) is 42.7 Å². The minimum atomic E-state index is -4.73. The Hall–Kier alpha value is -2.37. The van der Waals surface area contributed by atoms with Gasteiger partial charge >= 0.3 is 6.18 Å². The fraction of sp³-hybridized carbons (Fsp3) is 0.133. The first-order valence-electron chi connectivity index (χ1n) is 6.17. The first-order valence-corrected chi connectivity index (χ1v) is 6.17. The van der Waals surface area contributed by atoms with Crippen LogP contribution in [0.25, 0.3) is 16.9 Å². The van der Waals surface area contributed by atoms with Gasteiger partial charge in [0.05, 0.1) is 11.3 Å². The molecule has 2 nitrogen and oxygen atoms in total. The van der Waals surface area contributed by atoms with Gasteiger partial charge < -0.3 is 4.40 Å². The van der Waals surface area contributed by atoms with E-state index in [1.54, 1.807) is 16.7 Å². The summed E-state index contributed by atoms with van der Waals surface area (Å²) >= 11 is 0. The third-order valence-electron chi connectivity index (χ3n) is 3.17. The van der Waals surface area contributed by atoms with Gasteiger partial charge in [0, 0.05) is 18.0 Å². The van der Waals surface area contributed by atoms with Gasteiger partial charge in [0.2, 0.25) is 0 Å². The Morgan fingerprint density at radius 3 is 2.52 bits per heavy atom. The molecule has 3 aromatic rings. The third kappa shape index (κ3) is 2.49. The number of fused-ring (bicyclic) bond motifs is 1. The summed E-state index contributed by atoms with van der Waals surface area (Å²) in [6, 6.07) is 6.52. The Balaban J connectivity index is 2.14. The summed E-state index contributed by atoms with van der Waals surface area (Å²) in [5, 5.41) is 0. The number of aryl methyl sites for hydroxylation is 1. The van der Waals surface area contributed by atoms with Crippen LogP contribution in [0, 0.1) is 12.7 Å². The van der Waals surface area contributed by atoms with E-state index in [1.165, 1.54) is 6.07 Å². The number of rotatable bonds is 1. The van der Waals surface area contributed by atoms with Crippen molar-refractivity contribution < 1.29 is 17.6 Å². The molecule has 2 heterocycles. The van der Waals surface area contributed by atoms with Crippen molar-refractivity contribution in [3.8, 4) is 11.3 Å². The van der Waals surface area contributed by atoms with E-state index in [1.807, 2.05) is 19.2 Å². The number of benzene rings is 1. The SMILES string of the molecule is Cc1ccc2nc(-c3ccc(F)c(C(F)(F)F)c3)cn2c1. The van der Waals surface area contributed by atoms with Crippen LogP contribution in [0.3, 0.4) is 0 Å². The van der Waals surface area contributed by atoms with Gasteiger partial charge in [-0.15, -0.1) is 0 Å². The second kappa shape index (κ2) is 4.58. The number of nitrogens with zero attached hydrogens (tertiary/aromatic N) is 2. The van der Waals surface area contributed by atoms with Crippen molar-refractivity contribution >= 4 is 5.65 Å². The van der Waals surface area contributed by atoms with Gasteiger partial charge in [-0.2, -0.15) is 13.2 Å². The van der Waals surface area contributed by atoms with Crippen LogP contribution in [0.4, 0.5) is 17.6 Å². The van der Waals surface area contributed by atoms with Gasteiger partial charge in [-0.1, -0.05) is 6.07 Å². The van der Waals surface area contributed by atoms with Crippen LogP contribution in [0.1, 0.15) is 11.1 Å². The number of hydrogen-bond donors (Lipinski definition) is 0. The molecule has 1 aromatic carbocycles. The summed E-state index contributed by atoms with van der Waals surface area (Å²) in [5.74, 6) is -1.29. The monoisotopic (exact) mass is 294 g/mol. The first-order chi connectivity index (χ1) is 9.84. The van der Waals surface area contributed by atoms with Crippen molar-refractivity contribution in [3.05, 3.63) is 59.7 Å². The smallest absolute Gasteiger partial charge is 0.306 e. The average molecular weight is 294 g/mol. The van der Waals surface area contributed by atoms with E-state index in [4.69, 9.17) is 0 Å². The summed E-state index contributed by atoms with van der Waals surface area (Å²) < 4.78 is 53.2. The van der Waals surface area contributed by atoms with Gasteiger partial charge in [0.15, 0.2) is 0 Å². The average Bonchev–Trinajstić information content (AvgIpc) is 2.80. The molecular formula is C15H10F4N2. The Labute approximate surface area is 117 Å². The van der Waals surface area contributed by atoms with Crippen molar-refractivity contribution in [1.82, 2.24) is 9.38 Å². The first kappa shape index (κ1) is 13.6. The zero-order chi connectivity index (χ0) is 15.2. The standard InChI is InChI=1S/C15H10F4N2/c1-9-2-5-14-20-13(8-21(14)7-9)10-3-4-12(16)11(6-10)15(17,18)19/h2-8H,1H3. The molecule has 0 bridgehead atoms. The molecule has 0 saturated heterocycles. The second-order valence-electron chi connectivity index (χ2n) is 4.79. The van der Waals surface area contributed by atoms with Crippen LogP contribution in [0.5, 0.6) is 0 Å². The molecular weight excluding hydrogens is 284 g/mol. The highest BCUT2D eigenvalue weighted by atomic mass is 19.4. The van der Waals surface area contributed by atoms with Crippen molar-refractivity contribution in [1.29, 1.82) is 0 Å². The predicted molar refractivity (Wildman–Crippen MR) is 70.3 cm³/mol. The molecule has 3 rings (SSSR count). The summed E-state index contributed by atoms with van der Waals surface area (Å²) in [6.07, 6.45) is -1.29. The van der Waals surface area contributed by atoms with E-state index < -0.39 is 17.6 Å². The van der Waals surface area contributed by atoms with Gasteiger partial charge in [-0.3, -0.25) is 0 Å². The van der Waals surface area contributed by atoms with Crippen LogP contribution in [-0.2, 0) is 6.18 Å². The van der Waals surface area contributed by atoms with E-state index in [0.717, 1.165) is 17.7 Å². The molecule has 0 unspecified atom stereocenters. The van der Waals surface area contributed by atoms with Crippen LogP contribution in [-0.4, -0.2) is 9.38 Å². The van der Waals surface area contributed by atoms with Gasteiger partial charge in [-0.05, 0) is 36.8 Å². The lowest BCUT2D eigenvalue weighted by molar-refractivity contribution is -0.139. The van der Waals surface area contributed by atoms with E-state index >= 15 is 0 Å². The minimum Gasteiger partial charge on any atom is -0.306 e. The molecule has 0 amide bonds. The fourth-order valence-corrected chi connectivity index (χ4v) is 2.14. The minimum absolute atomic E-state index is 0.227. The molecule has 0 saturated carbocycles. The molecule has 0 aliphatic rings. The molecule has 0 atom stereocenters. The molecule has 108 valence electrons. The molecule has 0 fully saturated rings. The lowest BCUT2D eigenvalue weighted by Crippen LogP contribution is -2.08. The highest BCUT2D eigenvalue weighted by Crippen LogP contribution is 2.34. The number of hydrogen-bond acceptors (Lipinski definition) is 1. The zero-order valence-corrected chi connectivity index (χ0v) is 10.9. The predicted octanol–water partition coefficient (Wildman–Crippen LogP) is 4.47. The van der Waals surface area contributed by atoms with Crippen molar-refractivity contribution in [3.63, 3.8) is 0 Å². The molecule has 0 spiro atoms. The summed E-state index contributed by atoms with van der Waals surface area (Å²) in [4.78, 5) is 4.25. The van der Waals surface area contributed by atoms with E-state index in [2.05, 4.69) is 4.98 Å². The molecule has 0 N–H and O–H groups in total. The van der Waals surface area contributed by atoms with Crippen LogP contribution < -0.4 is 0 Å². The Kier molecular flexibility index (Phi) is 2.97. The maximum Gasteiger partial charge on any atom is 0.419 e. The second-order valence-corrected chi connectivity index (χ2v) is 4.79. The maximum absolute atomic E-state index is 13.3. The van der Waals surface area contributed by atoms with Gasteiger partial charge in [-0.25, -0.2) is 9.37 Å². The fourth-order valence-electron chi connectivity index (χ4n) is 2.14. The summed E-state index contributed by atoms with van der Waals surface area (Å²) in [6.45, 7) is 1.90. The van der Waals surface area contributed by atoms with Crippen LogP contribution in [0.2, 0.25) is 0 Å². The Bertz CT molecular complexity index is 818. The Morgan fingerprint density at radius 2 is 1.81 bits per heavy atom. The lowest BCUT2D eigenvalue weighted by Gasteiger charge is -2.08. The van der Waals surface area contributed by atoms with Gasteiger partial charge in [0.1, 0.15) is 11.5 Å². The maximum atomic E-state index is 13.3. The van der Waals surface area contributed by atoms with E-state index in [9.17, 15) is 17.6 Å². The number of alkyl halides is 3. The lowest BCUT2D eigenvalue weighted by atomic mass is 10.1. The zero-order valence-electron chi connectivity index (χ0n) is 10.9. The molecule has 21 heavy (non-hydrogen) atoms. The number of halogens is 4. The molecule has 0 radical (unpaired) electrons. The van der Waals surface area contributed by atoms with Crippen molar-refractivity contribution in [2.45, 2.75) is 13.1 Å². The normalized spacial score (nSPS) is 12.0. The third-order valence-corrected chi connectivity index (χ3v) is 3.17. The quantitative estimate of drug-likeness (QED) is 0.605. The molecule has 0 aliphatic carbocycles. The number of aromatic nitrogens is 2. The largest absolute Gasteiger partial charge is 0.419 e. The Morgan fingerprint density at radius 1 is 1.05 bits per heavy atom. The number of pyridine rings is 1. The highest BCUT2D eigenvalue weighted by Gasteiger charge is 2.34. The van der Waals surface area contributed by atoms with E-state index in [-0.39, 0.29) is 5.56 Å². The van der Waals surface area contributed by atoms with Crippen LogP contribution >= 0.6 is 0 Å². The van der Waals surface area contributed by atoms with Crippen molar-refractivity contribution in [2.24, 2.45) is 0 Å². The van der Waals surface area contributed by atoms with Gasteiger partial charge in [0.25, 0.3) is 0 Å². The van der Waals surface area contributed by atoms with Crippen molar-refractivity contribution in [2.75, 3.05) is 0 Å². The number of imidazole rings is 1. The summed E-state index contributed by atoms with van der Waals surface area (Å²) in [7, 11) is 0. The van der Waals surface area contributed by atoms with E-state index in [0.29, 0.717) is 11.3 Å². The topological polar surface area (TPSA) is 17.3 Å².